The Bertz CT molecular complexity index is 927. The highest BCUT2D eigenvalue weighted by Gasteiger charge is 2.63. The summed E-state index contributed by atoms with van der Waals surface area (Å²) in [5.74, 6) is 0. The molecule has 1 unspecified atom stereocenters. The summed E-state index contributed by atoms with van der Waals surface area (Å²) >= 11 is 16.5. The van der Waals surface area contributed by atoms with E-state index in [9.17, 15) is 13.2 Å². The van der Waals surface area contributed by atoms with Crippen molar-refractivity contribution in [2.45, 2.75) is 18.2 Å². The van der Waals surface area contributed by atoms with Crippen LogP contribution >= 0.6 is 51.3 Å². The summed E-state index contributed by atoms with van der Waals surface area (Å²) in [6, 6.07) is 3.76. The Labute approximate surface area is 175 Å². The molecule has 3 heterocycles. The average molecular weight is 499 g/mol. The number of allylic oxidation sites excluding steroid dienone is 4. The molecule has 0 aromatic heterocycles. The minimum absolute atomic E-state index is 0.0893. The van der Waals surface area contributed by atoms with Crippen LogP contribution in [-0.4, -0.2) is 16.2 Å². The normalized spacial score (nSPS) is 24.4. The number of oxime groups is 1. The fourth-order valence-electron chi connectivity index (χ4n) is 2.93. The molecule has 0 saturated carbocycles. The van der Waals surface area contributed by atoms with Gasteiger partial charge in [0.05, 0.1) is 29.9 Å². The number of fused-ring (bicyclic) bond motifs is 1. The first kappa shape index (κ1) is 19.0. The molecule has 0 amide bonds. The summed E-state index contributed by atoms with van der Waals surface area (Å²) in [6.07, 6.45) is -0.0667. The third kappa shape index (κ3) is 3.14. The van der Waals surface area contributed by atoms with Crippen molar-refractivity contribution < 1.29 is 18.0 Å². The fraction of sp³-hybridized carbons (Fsp3) is 0.188. The number of hydrogen-bond acceptors (Lipinski definition) is 5. The summed E-state index contributed by atoms with van der Waals surface area (Å²) in [7, 11) is 0. The van der Waals surface area contributed by atoms with Crippen molar-refractivity contribution in [2.24, 2.45) is 5.16 Å². The van der Waals surface area contributed by atoms with Gasteiger partial charge in [-0.25, -0.2) is 0 Å². The zero-order valence-electron chi connectivity index (χ0n) is 13.1. The van der Waals surface area contributed by atoms with E-state index in [1.807, 2.05) is 0 Å². The van der Waals surface area contributed by atoms with Crippen LogP contribution in [0, 0.1) is 0 Å². The molecular formula is C16H9BrCl2F3N3OS. The predicted octanol–water partition coefficient (Wildman–Crippen LogP) is 6.01. The van der Waals surface area contributed by atoms with Crippen molar-refractivity contribution in [1.29, 1.82) is 0 Å². The molecule has 1 aromatic rings. The van der Waals surface area contributed by atoms with Gasteiger partial charge in [-0.05, 0) is 46.3 Å². The van der Waals surface area contributed by atoms with Gasteiger partial charge in [0.1, 0.15) is 5.71 Å². The molecule has 4 rings (SSSR count). The summed E-state index contributed by atoms with van der Waals surface area (Å²) in [4.78, 5) is 5.04. The first-order valence-corrected chi connectivity index (χ1v) is 9.83. The maximum Gasteiger partial charge on any atom is 0.435 e. The van der Waals surface area contributed by atoms with E-state index >= 15 is 0 Å². The highest BCUT2D eigenvalue weighted by atomic mass is 79.9. The van der Waals surface area contributed by atoms with Gasteiger partial charge in [-0.2, -0.15) is 13.2 Å². The SMILES string of the molecule is FC(F)(F)C1(c2cc(Cl)cc(Cl)c2)CC(C2=CC=C(Br)C3=CNSN32)=NO1. The highest BCUT2D eigenvalue weighted by Crippen LogP contribution is 2.51. The van der Waals surface area contributed by atoms with Gasteiger partial charge in [0.25, 0.3) is 5.60 Å². The van der Waals surface area contributed by atoms with Gasteiger partial charge in [0.2, 0.25) is 0 Å². The van der Waals surface area contributed by atoms with Gasteiger partial charge >= 0.3 is 6.18 Å². The molecule has 4 nitrogen and oxygen atoms in total. The second-order valence-corrected chi connectivity index (χ2v) is 8.40. The van der Waals surface area contributed by atoms with Gasteiger partial charge < -0.3 is 9.56 Å². The number of rotatable bonds is 2. The van der Waals surface area contributed by atoms with Crippen molar-refractivity contribution in [1.82, 2.24) is 9.03 Å². The van der Waals surface area contributed by atoms with E-state index in [2.05, 4.69) is 25.8 Å². The van der Waals surface area contributed by atoms with E-state index in [4.69, 9.17) is 28.0 Å². The predicted molar refractivity (Wildman–Crippen MR) is 103 cm³/mol. The third-order valence-electron chi connectivity index (χ3n) is 4.22. The van der Waals surface area contributed by atoms with Crippen molar-refractivity contribution in [3.63, 3.8) is 0 Å². The average Bonchev–Trinajstić information content (AvgIpc) is 3.22. The molecule has 0 saturated heterocycles. The Morgan fingerprint density at radius 1 is 1.19 bits per heavy atom. The van der Waals surface area contributed by atoms with Gasteiger partial charge in [-0.1, -0.05) is 28.4 Å². The Morgan fingerprint density at radius 2 is 1.89 bits per heavy atom. The molecule has 3 aliphatic rings. The molecule has 1 atom stereocenters. The number of alkyl halides is 3. The molecule has 142 valence electrons. The second-order valence-electron chi connectivity index (χ2n) is 5.89. The van der Waals surface area contributed by atoms with Gasteiger partial charge in [0.15, 0.2) is 0 Å². The standard InChI is InChI=1S/C16H9BrCl2F3N3OS/c17-11-1-2-13(25-14(11)7-23-27-25)12-6-15(26-24-12,16(20,21)22)8-3-9(18)5-10(19)4-8/h1-5,7,23H,6H2. The smallest absolute Gasteiger partial charge is 0.374 e. The lowest BCUT2D eigenvalue weighted by molar-refractivity contribution is -0.275. The van der Waals surface area contributed by atoms with Crippen LogP contribution < -0.4 is 4.72 Å². The fourth-order valence-corrected chi connectivity index (χ4v) is 4.79. The molecular weight excluding hydrogens is 490 g/mol. The zero-order valence-corrected chi connectivity index (χ0v) is 17.1. The van der Waals surface area contributed by atoms with Gasteiger partial charge in [-0.15, -0.1) is 0 Å². The molecule has 3 aliphatic heterocycles. The van der Waals surface area contributed by atoms with Crippen molar-refractivity contribution in [2.75, 3.05) is 0 Å². The van der Waals surface area contributed by atoms with Crippen LogP contribution in [0.3, 0.4) is 0 Å². The zero-order chi connectivity index (χ0) is 19.4. The van der Waals surface area contributed by atoms with Crippen molar-refractivity contribution in [3.05, 3.63) is 68.0 Å². The quantitative estimate of drug-likeness (QED) is 0.506. The van der Waals surface area contributed by atoms with E-state index in [0.717, 1.165) is 10.2 Å². The number of nitrogens with zero attached hydrogens (tertiary/aromatic N) is 2. The molecule has 0 bridgehead atoms. The lowest BCUT2D eigenvalue weighted by atomic mass is 9.87. The van der Waals surface area contributed by atoms with Crippen molar-refractivity contribution in [3.8, 4) is 0 Å². The topological polar surface area (TPSA) is 36.9 Å². The van der Waals surface area contributed by atoms with E-state index in [0.29, 0.717) is 5.70 Å². The van der Waals surface area contributed by atoms with E-state index in [-0.39, 0.29) is 21.3 Å². The molecule has 0 radical (unpaired) electrons. The monoisotopic (exact) mass is 497 g/mol. The van der Waals surface area contributed by atoms with Gasteiger partial charge in [-0.3, -0.25) is 4.31 Å². The Kier molecular flexibility index (Phi) is 4.69. The summed E-state index contributed by atoms with van der Waals surface area (Å²) in [5.41, 5.74) is -1.41. The minimum atomic E-state index is -4.73. The van der Waals surface area contributed by atoms with Crippen LogP contribution in [0.4, 0.5) is 13.2 Å². The van der Waals surface area contributed by atoms with E-state index < -0.39 is 18.2 Å². The van der Waals surface area contributed by atoms with Crippen LogP contribution in [-0.2, 0) is 10.4 Å². The third-order valence-corrected chi connectivity index (χ3v) is 6.13. The van der Waals surface area contributed by atoms with Crippen LogP contribution in [0.15, 0.2) is 57.6 Å². The van der Waals surface area contributed by atoms with Crippen LogP contribution in [0.25, 0.3) is 0 Å². The lowest BCUT2D eigenvalue weighted by Gasteiger charge is -2.30. The number of hydrogen-bond donors (Lipinski definition) is 1. The Hall–Kier alpha value is -1.29. The minimum Gasteiger partial charge on any atom is -0.374 e. The van der Waals surface area contributed by atoms with E-state index in [1.165, 1.54) is 30.3 Å². The summed E-state index contributed by atoms with van der Waals surface area (Å²) in [5, 5.41) is 3.97. The largest absolute Gasteiger partial charge is 0.435 e. The summed E-state index contributed by atoms with van der Waals surface area (Å²) in [6.45, 7) is 0. The molecule has 1 aromatic carbocycles. The molecule has 0 spiro atoms. The van der Waals surface area contributed by atoms with Crippen molar-refractivity contribution >= 4 is 57.0 Å². The number of nitrogens with one attached hydrogen (secondary N) is 1. The Morgan fingerprint density at radius 3 is 2.56 bits per heavy atom. The van der Waals surface area contributed by atoms with Crippen LogP contribution in [0.5, 0.6) is 0 Å². The first-order valence-electron chi connectivity index (χ1n) is 7.51. The molecule has 1 N–H and O–H groups in total. The molecule has 0 aliphatic carbocycles. The first-order chi connectivity index (χ1) is 12.7. The van der Waals surface area contributed by atoms with Crippen LogP contribution in [0.2, 0.25) is 10.0 Å². The van der Waals surface area contributed by atoms with E-state index in [1.54, 1.807) is 22.7 Å². The molecule has 0 fully saturated rings. The summed E-state index contributed by atoms with van der Waals surface area (Å²) < 4.78 is 47.7. The second kappa shape index (κ2) is 6.65. The lowest BCUT2D eigenvalue weighted by Crippen LogP contribution is -2.43. The molecule has 11 heteroatoms. The highest BCUT2D eigenvalue weighted by molar-refractivity contribution is 9.12. The molecule has 27 heavy (non-hydrogen) atoms. The maximum absolute atomic E-state index is 14.1. The number of halogens is 6. The Balaban J connectivity index is 1.74. The van der Waals surface area contributed by atoms with Crippen LogP contribution in [0.1, 0.15) is 12.0 Å². The van der Waals surface area contributed by atoms with Gasteiger partial charge in [0, 0.05) is 26.3 Å². The number of benzene rings is 1. The maximum atomic E-state index is 14.1.